The fourth-order valence-corrected chi connectivity index (χ4v) is 3.82. The maximum atomic E-state index is 13.0. The molecule has 0 radical (unpaired) electrons. The van der Waals surface area contributed by atoms with Gasteiger partial charge in [0.2, 0.25) is 0 Å². The fourth-order valence-electron chi connectivity index (χ4n) is 3.82. The third kappa shape index (κ3) is 2.27. The number of hydrogen-bond acceptors (Lipinski definition) is 2. The van der Waals surface area contributed by atoms with Crippen molar-refractivity contribution in [1.82, 2.24) is 5.32 Å². The average molecular weight is 277 g/mol. The molecular weight excluding hydrogens is 253 g/mol. The molecule has 110 valence electrons. The summed E-state index contributed by atoms with van der Waals surface area (Å²) < 4.78 is 18.9. The molecule has 20 heavy (non-hydrogen) atoms. The van der Waals surface area contributed by atoms with E-state index in [1.165, 1.54) is 31.4 Å². The van der Waals surface area contributed by atoms with Crippen LogP contribution in [0.5, 0.6) is 0 Å². The van der Waals surface area contributed by atoms with Crippen LogP contribution >= 0.6 is 0 Å². The van der Waals surface area contributed by atoms with E-state index in [-0.39, 0.29) is 11.9 Å². The van der Waals surface area contributed by atoms with Gasteiger partial charge in [0.05, 0.1) is 6.10 Å². The predicted molar refractivity (Wildman–Crippen MR) is 78.1 cm³/mol. The minimum absolute atomic E-state index is 0.170. The molecule has 0 heterocycles. The summed E-state index contributed by atoms with van der Waals surface area (Å²) in [6, 6.07) is 7.64. The minimum Gasteiger partial charge on any atom is -0.378 e. The van der Waals surface area contributed by atoms with Gasteiger partial charge in [-0.1, -0.05) is 18.6 Å². The van der Waals surface area contributed by atoms with E-state index in [1.807, 2.05) is 12.1 Å². The van der Waals surface area contributed by atoms with Crippen LogP contribution < -0.4 is 5.32 Å². The average Bonchev–Trinajstić information content (AvgIpc) is 2.36. The Morgan fingerprint density at radius 2 is 2.05 bits per heavy atom. The zero-order chi connectivity index (χ0) is 14.2. The number of rotatable bonds is 5. The molecule has 0 bridgehead atoms. The Bertz CT molecular complexity index is 455. The second kappa shape index (κ2) is 5.45. The molecule has 2 aliphatic rings. The third-order valence-corrected chi connectivity index (χ3v) is 5.26. The van der Waals surface area contributed by atoms with Crippen LogP contribution in [0, 0.1) is 11.2 Å². The number of hydrogen-bond donors (Lipinski definition) is 1. The van der Waals surface area contributed by atoms with Crippen molar-refractivity contribution in [3.05, 3.63) is 35.6 Å². The van der Waals surface area contributed by atoms with E-state index in [1.54, 1.807) is 0 Å². The van der Waals surface area contributed by atoms with Crippen molar-refractivity contribution in [2.45, 2.75) is 57.7 Å². The van der Waals surface area contributed by atoms with Gasteiger partial charge in [-0.05, 0) is 50.8 Å². The van der Waals surface area contributed by atoms with E-state index in [2.05, 4.69) is 19.2 Å². The molecule has 0 aliphatic heterocycles. The van der Waals surface area contributed by atoms with Gasteiger partial charge in [0.15, 0.2) is 0 Å². The molecule has 0 saturated heterocycles. The maximum absolute atomic E-state index is 13.0. The van der Waals surface area contributed by atoms with Crippen molar-refractivity contribution in [3.8, 4) is 0 Å². The van der Waals surface area contributed by atoms with E-state index in [0.717, 1.165) is 18.6 Å². The van der Waals surface area contributed by atoms with Crippen LogP contribution in [0.2, 0.25) is 0 Å². The Morgan fingerprint density at radius 1 is 1.35 bits per heavy atom. The van der Waals surface area contributed by atoms with E-state index < -0.39 is 0 Å². The second-order valence-corrected chi connectivity index (χ2v) is 6.26. The monoisotopic (exact) mass is 277 g/mol. The van der Waals surface area contributed by atoms with E-state index >= 15 is 0 Å². The summed E-state index contributed by atoms with van der Waals surface area (Å²) in [6.45, 7) is 5.05. The summed E-state index contributed by atoms with van der Waals surface area (Å²) >= 11 is 0. The van der Waals surface area contributed by atoms with Crippen molar-refractivity contribution in [2.24, 2.45) is 5.41 Å². The van der Waals surface area contributed by atoms with E-state index in [0.29, 0.717) is 17.6 Å². The van der Waals surface area contributed by atoms with Crippen molar-refractivity contribution in [2.75, 3.05) is 6.61 Å². The van der Waals surface area contributed by atoms with Crippen molar-refractivity contribution < 1.29 is 9.13 Å². The number of halogens is 1. The van der Waals surface area contributed by atoms with E-state index in [4.69, 9.17) is 4.74 Å². The molecule has 2 fully saturated rings. The minimum atomic E-state index is -0.170. The first-order chi connectivity index (χ1) is 9.65. The van der Waals surface area contributed by atoms with Crippen LogP contribution in [0.25, 0.3) is 0 Å². The molecule has 3 heteroatoms. The molecule has 0 amide bonds. The highest BCUT2D eigenvalue weighted by Crippen LogP contribution is 2.57. The molecule has 2 unspecified atom stereocenters. The molecule has 2 nitrogen and oxygen atoms in total. The lowest BCUT2D eigenvalue weighted by Gasteiger charge is -2.61. The van der Waals surface area contributed by atoms with E-state index in [9.17, 15) is 4.39 Å². The van der Waals surface area contributed by atoms with Gasteiger partial charge in [-0.25, -0.2) is 4.39 Å². The second-order valence-electron chi connectivity index (χ2n) is 6.26. The Labute approximate surface area is 120 Å². The van der Waals surface area contributed by atoms with Crippen molar-refractivity contribution in [3.63, 3.8) is 0 Å². The molecule has 1 aromatic rings. The summed E-state index contributed by atoms with van der Waals surface area (Å²) in [7, 11) is 0. The molecule has 0 aromatic heterocycles. The quantitative estimate of drug-likeness (QED) is 0.883. The third-order valence-electron chi connectivity index (χ3n) is 5.26. The number of ether oxygens (including phenoxy) is 1. The molecule has 1 spiro atoms. The highest BCUT2D eigenvalue weighted by molar-refractivity contribution is 5.21. The van der Waals surface area contributed by atoms with Gasteiger partial charge < -0.3 is 10.1 Å². The molecular formula is C17H24FNO. The standard InChI is InChI=1S/C17H24FNO/c1-3-20-16-11-15(17(16)9-4-10-17)19-12(2)13-5-7-14(18)8-6-13/h5-8,12,15-16,19H,3-4,9-11H2,1-2H3/t12-,15?,16?/m0/s1. The van der Waals surface area contributed by atoms with Gasteiger partial charge in [-0.2, -0.15) is 0 Å². The normalized spacial score (nSPS) is 28.8. The first kappa shape index (κ1) is 14.0. The Balaban J connectivity index is 1.62. The van der Waals surface area contributed by atoms with Crippen LogP contribution in [0.1, 0.15) is 51.1 Å². The van der Waals surface area contributed by atoms with Crippen LogP contribution in [0.15, 0.2) is 24.3 Å². The largest absolute Gasteiger partial charge is 0.378 e. The highest BCUT2D eigenvalue weighted by Gasteiger charge is 2.58. The summed E-state index contributed by atoms with van der Waals surface area (Å²) in [5.41, 5.74) is 1.53. The SMILES string of the molecule is CCOC1CC(N[C@@H](C)c2ccc(F)cc2)C12CCC2. The lowest BCUT2D eigenvalue weighted by Crippen LogP contribution is -2.67. The van der Waals surface area contributed by atoms with Gasteiger partial charge in [0.1, 0.15) is 5.82 Å². The molecule has 1 aromatic carbocycles. The van der Waals surface area contributed by atoms with Gasteiger partial charge in [-0.15, -0.1) is 0 Å². The smallest absolute Gasteiger partial charge is 0.123 e. The lowest BCUT2D eigenvalue weighted by atomic mass is 9.51. The topological polar surface area (TPSA) is 21.3 Å². The number of nitrogens with one attached hydrogen (secondary N) is 1. The first-order valence-electron chi connectivity index (χ1n) is 7.79. The summed E-state index contributed by atoms with van der Waals surface area (Å²) in [6.07, 6.45) is 5.45. The fraction of sp³-hybridized carbons (Fsp3) is 0.647. The summed E-state index contributed by atoms with van der Waals surface area (Å²) in [4.78, 5) is 0. The Morgan fingerprint density at radius 3 is 2.60 bits per heavy atom. The van der Waals surface area contributed by atoms with Crippen molar-refractivity contribution >= 4 is 0 Å². The zero-order valence-electron chi connectivity index (χ0n) is 12.4. The lowest BCUT2D eigenvalue weighted by molar-refractivity contribution is -0.174. The van der Waals surface area contributed by atoms with Gasteiger partial charge in [0.25, 0.3) is 0 Å². The van der Waals surface area contributed by atoms with Gasteiger partial charge >= 0.3 is 0 Å². The Kier molecular flexibility index (Phi) is 3.83. The van der Waals surface area contributed by atoms with Crippen LogP contribution in [-0.2, 0) is 4.74 Å². The maximum Gasteiger partial charge on any atom is 0.123 e. The van der Waals surface area contributed by atoms with Gasteiger partial charge in [-0.3, -0.25) is 0 Å². The Hall–Kier alpha value is -0.930. The molecule has 3 rings (SSSR count). The van der Waals surface area contributed by atoms with Crippen molar-refractivity contribution in [1.29, 1.82) is 0 Å². The summed E-state index contributed by atoms with van der Waals surface area (Å²) in [5.74, 6) is -0.170. The summed E-state index contributed by atoms with van der Waals surface area (Å²) in [5, 5.41) is 3.73. The molecule has 2 saturated carbocycles. The van der Waals surface area contributed by atoms with Crippen LogP contribution in [0.4, 0.5) is 4.39 Å². The van der Waals surface area contributed by atoms with Crippen LogP contribution in [0.3, 0.4) is 0 Å². The zero-order valence-corrected chi connectivity index (χ0v) is 12.4. The van der Waals surface area contributed by atoms with Gasteiger partial charge in [0, 0.05) is 24.1 Å². The molecule has 1 N–H and O–H groups in total. The van der Waals surface area contributed by atoms with Crippen LogP contribution in [-0.4, -0.2) is 18.8 Å². The highest BCUT2D eigenvalue weighted by atomic mass is 19.1. The predicted octanol–water partition coefficient (Wildman–Crippen LogP) is 3.82. The molecule has 2 aliphatic carbocycles. The number of benzene rings is 1. The first-order valence-corrected chi connectivity index (χ1v) is 7.79. The molecule has 3 atom stereocenters.